The van der Waals surface area contributed by atoms with Gasteiger partial charge in [-0.05, 0) is 59.5 Å². The maximum atomic E-state index is 12.0. The van der Waals surface area contributed by atoms with Gasteiger partial charge in [-0.1, -0.05) is 36.4 Å². The molecule has 0 radical (unpaired) electrons. The van der Waals surface area contributed by atoms with Crippen molar-refractivity contribution < 1.29 is 18.8 Å². The first kappa shape index (κ1) is 20.5. The summed E-state index contributed by atoms with van der Waals surface area (Å²) in [6, 6.07) is 9.89. The minimum Gasteiger partial charge on any atom is -0.444 e. The second kappa shape index (κ2) is 7.45. The smallest absolute Gasteiger partial charge is 0.444 e. The molecule has 1 fully saturated rings. The molecule has 5 nitrogen and oxygen atoms in total. The van der Waals surface area contributed by atoms with E-state index in [-0.39, 0.29) is 6.54 Å². The Bertz CT molecular complexity index is 646. The van der Waals surface area contributed by atoms with E-state index in [2.05, 4.69) is 5.32 Å². The van der Waals surface area contributed by atoms with Crippen LogP contribution in [-0.4, -0.2) is 36.6 Å². The van der Waals surface area contributed by atoms with Gasteiger partial charge in [0.15, 0.2) is 0 Å². The molecule has 0 saturated carbocycles. The Morgan fingerprint density at radius 1 is 1.12 bits per heavy atom. The molecular weight excluding hydrogens is 329 g/mol. The number of ether oxygens (including phenoxy) is 1. The number of alkyl carbamates (subject to hydrolysis) is 1. The summed E-state index contributed by atoms with van der Waals surface area (Å²) in [5, 5.41) is 2.80. The molecule has 0 atom stereocenters. The van der Waals surface area contributed by atoms with Gasteiger partial charge in [0, 0.05) is 6.54 Å². The van der Waals surface area contributed by atoms with Crippen LogP contribution in [0.3, 0.4) is 0 Å². The summed E-state index contributed by atoms with van der Waals surface area (Å²) in [5.74, 6) is 0. The molecule has 0 unspecified atom stereocenters. The predicted octanol–water partition coefficient (Wildman–Crippen LogP) is 4.23. The lowest BCUT2D eigenvalue weighted by molar-refractivity contribution is 0.00578. The molecule has 0 spiro atoms. The van der Waals surface area contributed by atoms with Crippen molar-refractivity contribution >= 4 is 19.3 Å². The van der Waals surface area contributed by atoms with Crippen molar-refractivity contribution in [2.24, 2.45) is 0 Å². The van der Waals surface area contributed by atoms with Gasteiger partial charge in [0.1, 0.15) is 5.60 Å². The first-order chi connectivity index (χ1) is 11.9. The lowest BCUT2D eigenvalue weighted by Gasteiger charge is -2.32. The average molecular weight is 359 g/mol. The zero-order chi connectivity index (χ0) is 19.6. The number of amides is 1. The van der Waals surface area contributed by atoms with E-state index in [9.17, 15) is 4.79 Å². The van der Waals surface area contributed by atoms with Crippen LogP contribution in [0.15, 0.2) is 35.8 Å². The lowest BCUT2D eigenvalue weighted by Crippen LogP contribution is -2.41. The van der Waals surface area contributed by atoms with Crippen LogP contribution >= 0.6 is 0 Å². The van der Waals surface area contributed by atoms with E-state index >= 15 is 0 Å². The zero-order valence-corrected chi connectivity index (χ0v) is 16.9. The molecule has 1 amide bonds. The van der Waals surface area contributed by atoms with Crippen molar-refractivity contribution in [1.82, 2.24) is 5.32 Å². The minimum absolute atomic E-state index is 0.278. The van der Waals surface area contributed by atoms with E-state index in [4.69, 9.17) is 14.0 Å². The van der Waals surface area contributed by atoms with Gasteiger partial charge < -0.3 is 19.4 Å². The molecule has 1 aromatic rings. The standard InChI is InChI=1S/C20H30BNO4/c1-18(2,3)24-17(23)22-14-16(13-15-11-9-8-10-12-15)21-25-19(4,5)20(6,7)26-21/h8-13H,14H2,1-7H3,(H,22,23). The van der Waals surface area contributed by atoms with E-state index < -0.39 is 30.0 Å². The van der Waals surface area contributed by atoms with Gasteiger partial charge in [-0.3, -0.25) is 0 Å². The van der Waals surface area contributed by atoms with Gasteiger partial charge in [0.05, 0.1) is 11.2 Å². The van der Waals surface area contributed by atoms with Crippen molar-refractivity contribution in [3.63, 3.8) is 0 Å². The summed E-state index contributed by atoms with van der Waals surface area (Å²) in [6.45, 7) is 13.8. The van der Waals surface area contributed by atoms with Gasteiger partial charge in [-0.15, -0.1) is 0 Å². The molecule has 1 aliphatic heterocycles. The second-order valence-electron chi connectivity index (χ2n) is 8.57. The van der Waals surface area contributed by atoms with Crippen LogP contribution < -0.4 is 5.32 Å². The molecule has 6 heteroatoms. The monoisotopic (exact) mass is 359 g/mol. The highest BCUT2D eigenvalue weighted by atomic mass is 16.7. The van der Waals surface area contributed by atoms with Crippen LogP contribution in [0.1, 0.15) is 54.0 Å². The Hall–Kier alpha value is -1.79. The maximum Gasteiger partial charge on any atom is 0.492 e. The van der Waals surface area contributed by atoms with Gasteiger partial charge in [-0.25, -0.2) is 4.79 Å². The van der Waals surface area contributed by atoms with Crippen LogP contribution in [0.25, 0.3) is 6.08 Å². The summed E-state index contributed by atoms with van der Waals surface area (Å²) < 4.78 is 17.6. The molecule has 26 heavy (non-hydrogen) atoms. The first-order valence-corrected chi connectivity index (χ1v) is 8.98. The van der Waals surface area contributed by atoms with Crippen LogP contribution in [0.5, 0.6) is 0 Å². The Balaban J connectivity index is 2.19. The molecule has 1 aromatic carbocycles. The number of nitrogens with one attached hydrogen (secondary N) is 1. The van der Waals surface area contributed by atoms with Crippen LogP contribution in [-0.2, 0) is 14.0 Å². The van der Waals surface area contributed by atoms with Gasteiger partial charge in [-0.2, -0.15) is 0 Å². The Kier molecular flexibility index (Phi) is 5.88. The molecule has 1 heterocycles. The summed E-state index contributed by atoms with van der Waals surface area (Å²) in [5.41, 5.74) is 0.417. The molecular formula is C20H30BNO4. The van der Waals surface area contributed by atoms with Crippen molar-refractivity contribution in [2.75, 3.05) is 6.54 Å². The van der Waals surface area contributed by atoms with Gasteiger partial charge >= 0.3 is 13.2 Å². The number of benzene rings is 1. The van der Waals surface area contributed by atoms with E-state index in [0.717, 1.165) is 11.0 Å². The molecule has 0 aromatic heterocycles. The first-order valence-electron chi connectivity index (χ1n) is 8.98. The molecule has 2 rings (SSSR count). The Morgan fingerprint density at radius 2 is 1.65 bits per heavy atom. The minimum atomic E-state index is -0.544. The average Bonchev–Trinajstić information content (AvgIpc) is 2.71. The fraction of sp³-hybridized carbons (Fsp3) is 0.550. The van der Waals surface area contributed by atoms with Gasteiger partial charge in [0.2, 0.25) is 0 Å². The van der Waals surface area contributed by atoms with E-state index in [1.54, 1.807) is 0 Å². The number of carbonyl (C=O) groups excluding carboxylic acids is 1. The molecule has 1 saturated heterocycles. The highest BCUT2D eigenvalue weighted by Crippen LogP contribution is 2.38. The molecule has 1 aliphatic rings. The number of rotatable bonds is 4. The highest BCUT2D eigenvalue weighted by Gasteiger charge is 2.52. The van der Waals surface area contributed by atoms with Crippen molar-refractivity contribution in [1.29, 1.82) is 0 Å². The summed E-state index contributed by atoms with van der Waals surface area (Å²) in [6.07, 6.45) is 1.52. The normalized spacial score (nSPS) is 19.3. The van der Waals surface area contributed by atoms with Crippen LogP contribution in [0, 0.1) is 0 Å². The Labute approximate surface area is 157 Å². The molecule has 142 valence electrons. The van der Waals surface area contributed by atoms with E-state index in [1.807, 2.05) is 84.9 Å². The SMILES string of the molecule is CC(C)(C)OC(=O)NCC(=Cc1ccccc1)B1OC(C)(C)C(C)(C)O1. The number of carbonyl (C=O) groups is 1. The lowest BCUT2D eigenvalue weighted by atomic mass is 9.77. The third-order valence-electron chi connectivity index (χ3n) is 4.54. The molecule has 0 aliphatic carbocycles. The predicted molar refractivity (Wildman–Crippen MR) is 105 cm³/mol. The number of hydrogen-bond donors (Lipinski definition) is 1. The zero-order valence-electron chi connectivity index (χ0n) is 16.9. The quantitative estimate of drug-likeness (QED) is 0.818. The summed E-state index contributed by atoms with van der Waals surface area (Å²) >= 11 is 0. The molecule has 1 N–H and O–H groups in total. The van der Waals surface area contributed by atoms with Crippen LogP contribution in [0.4, 0.5) is 4.79 Å². The van der Waals surface area contributed by atoms with Crippen LogP contribution in [0.2, 0.25) is 0 Å². The summed E-state index contributed by atoms with van der Waals surface area (Å²) in [4.78, 5) is 12.0. The fourth-order valence-electron chi connectivity index (χ4n) is 2.45. The summed E-state index contributed by atoms with van der Waals surface area (Å²) in [7, 11) is -0.532. The topological polar surface area (TPSA) is 56.8 Å². The maximum absolute atomic E-state index is 12.0. The van der Waals surface area contributed by atoms with Crippen molar-refractivity contribution in [3.05, 3.63) is 41.4 Å². The highest BCUT2D eigenvalue weighted by molar-refractivity contribution is 6.56. The van der Waals surface area contributed by atoms with E-state index in [0.29, 0.717) is 0 Å². The second-order valence-corrected chi connectivity index (χ2v) is 8.57. The van der Waals surface area contributed by atoms with Crippen molar-refractivity contribution in [3.8, 4) is 0 Å². The third-order valence-corrected chi connectivity index (χ3v) is 4.54. The Morgan fingerprint density at radius 3 is 2.15 bits per heavy atom. The fourth-order valence-corrected chi connectivity index (χ4v) is 2.45. The van der Waals surface area contributed by atoms with Crippen molar-refractivity contribution in [2.45, 2.75) is 65.3 Å². The molecule has 0 bridgehead atoms. The largest absolute Gasteiger partial charge is 0.492 e. The van der Waals surface area contributed by atoms with Gasteiger partial charge in [0.25, 0.3) is 0 Å². The third kappa shape index (κ3) is 5.35. The number of hydrogen-bond acceptors (Lipinski definition) is 4. The van der Waals surface area contributed by atoms with E-state index in [1.165, 1.54) is 0 Å².